The summed E-state index contributed by atoms with van der Waals surface area (Å²) in [6.45, 7) is 6.99. The summed E-state index contributed by atoms with van der Waals surface area (Å²) < 4.78 is 5.11. The summed E-state index contributed by atoms with van der Waals surface area (Å²) in [7, 11) is 0. The smallest absolute Gasteiger partial charge is 0.407 e. The number of hydrogen-bond acceptors (Lipinski definition) is 4. The van der Waals surface area contributed by atoms with E-state index in [1.54, 1.807) is 20.8 Å². The molecule has 0 aromatic carbocycles. The van der Waals surface area contributed by atoms with Crippen molar-refractivity contribution in [3.05, 3.63) is 0 Å². The first-order chi connectivity index (χ1) is 8.29. The van der Waals surface area contributed by atoms with E-state index >= 15 is 0 Å². The third-order valence-electron chi connectivity index (χ3n) is 2.83. The molecule has 1 fully saturated rings. The van der Waals surface area contributed by atoms with Crippen LogP contribution in [0.2, 0.25) is 0 Å². The Labute approximate surface area is 107 Å². The lowest BCUT2D eigenvalue weighted by molar-refractivity contribution is -0.144. The maximum Gasteiger partial charge on any atom is 0.407 e. The fourth-order valence-electron chi connectivity index (χ4n) is 1.99. The van der Waals surface area contributed by atoms with Gasteiger partial charge >= 0.3 is 12.1 Å². The largest absolute Gasteiger partial charge is 0.481 e. The van der Waals surface area contributed by atoms with Crippen molar-refractivity contribution < 1.29 is 19.4 Å². The maximum absolute atomic E-state index is 11.5. The lowest BCUT2D eigenvalue weighted by Gasteiger charge is -2.29. The molecule has 1 heterocycles. The molecule has 1 rings (SSSR count). The van der Waals surface area contributed by atoms with Gasteiger partial charge in [0.15, 0.2) is 0 Å². The third kappa shape index (κ3) is 4.91. The number of carbonyl (C=O) groups is 2. The number of amides is 1. The number of alkyl carbamates (subject to hydrolysis) is 1. The molecule has 6 nitrogen and oxygen atoms in total. The second kappa shape index (κ2) is 6.04. The summed E-state index contributed by atoms with van der Waals surface area (Å²) in [5, 5.41) is 14.9. The zero-order valence-corrected chi connectivity index (χ0v) is 11.2. The number of carbonyl (C=O) groups excluding carboxylic acids is 1. The van der Waals surface area contributed by atoms with Crippen LogP contribution in [0.3, 0.4) is 0 Å². The molecule has 2 unspecified atom stereocenters. The highest BCUT2D eigenvalue weighted by Gasteiger charge is 2.31. The molecule has 6 heteroatoms. The number of nitrogens with one attached hydrogen (secondary N) is 2. The van der Waals surface area contributed by atoms with E-state index in [0.717, 1.165) is 0 Å². The van der Waals surface area contributed by atoms with Crippen LogP contribution in [0.25, 0.3) is 0 Å². The molecular weight excluding hydrogens is 236 g/mol. The number of aliphatic carboxylic acids is 1. The van der Waals surface area contributed by atoms with Crippen molar-refractivity contribution in [1.29, 1.82) is 0 Å². The van der Waals surface area contributed by atoms with Crippen molar-refractivity contribution >= 4 is 12.1 Å². The summed E-state index contributed by atoms with van der Waals surface area (Å²) in [6.07, 6.45) is 0.0907. The molecule has 1 aliphatic rings. The van der Waals surface area contributed by atoms with Gasteiger partial charge in [0.2, 0.25) is 0 Å². The topological polar surface area (TPSA) is 87.7 Å². The van der Waals surface area contributed by atoms with Gasteiger partial charge in [0.25, 0.3) is 0 Å². The van der Waals surface area contributed by atoms with Gasteiger partial charge in [-0.1, -0.05) is 0 Å². The quantitative estimate of drug-likeness (QED) is 0.697. The van der Waals surface area contributed by atoms with Crippen LogP contribution in [0.15, 0.2) is 0 Å². The zero-order chi connectivity index (χ0) is 13.8. The predicted octanol–water partition coefficient (Wildman–Crippen LogP) is 0.821. The number of piperidine rings is 1. The molecule has 0 bridgehead atoms. The molecule has 0 spiro atoms. The van der Waals surface area contributed by atoms with E-state index in [-0.39, 0.29) is 5.92 Å². The molecule has 0 aliphatic carbocycles. The molecule has 1 aliphatic heterocycles. The van der Waals surface area contributed by atoms with Gasteiger partial charge in [-0.05, 0) is 33.7 Å². The van der Waals surface area contributed by atoms with Gasteiger partial charge in [-0.2, -0.15) is 0 Å². The number of carboxylic acids is 1. The summed E-state index contributed by atoms with van der Waals surface area (Å²) in [6, 6.07) is 0. The van der Waals surface area contributed by atoms with Crippen molar-refractivity contribution in [2.45, 2.75) is 32.8 Å². The van der Waals surface area contributed by atoms with Crippen molar-refractivity contribution in [1.82, 2.24) is 10.6 Å². The highest BCUT2D eigenvalue weighted by Crippen LogP contribution is 2.19. The van der Waals surface area contributed by atoms with E-state index in [1.165, 1.54) is 0 Å². The van der Waals surface area contributed by atoms with Crippen LogP contribution in [0.5, 0.6) is 0 Å². The summed E-state index contributed by atoms with van der Waals surface area (Å²) >= 11 is 0. The highest BCUT2D eigenvalue weighted by atomic mass is 16.6. The lowest BCUT2D eigenvalue weighted by Crippen LogP contribution is -2.46. The molecular formula is C12H22N2O4. The molecule has 0 saturated carbocycles. The molecule has 0 aromatic rings. The Balaban J connectivity index is 2.41. The second-order valence-electron chi connectivity index (χ2n) is 5.58. The molecule has 1 saturated heterocycles. The minimum Gasteiger partial charge on any atom is -0.481 e. The summed E-state index contributed by atoms with van der Waals surface area (Å²) in [5.41, 5.74) is -0.541. The van der Waals surface area contributed by atoms with Gasteiger partial charge in [0.05, 0.1) is 5.92 Å². The van der Waals surface area contributed by atoms with E-state index in [2.05, 4.69) is 10.6 Å². The van der Waals surface area contributed by atoms with E-state index in [1.807, 2.05) is 0 Å². The SMILES string of the molecule is CC(C)(C)OC(=O)NCC1CNCCC1C(=O)O. The Hall–Kier alpha value is -1.30. The van der Waals surface area contributed by atoms with Crippen molar-refractivity contribution in [3.8, 4) is 0 Å². The monoisotopic (exact) mass is 258 g/mol. The predicted molar refractivity (Wildman–Crippen MR) is 66.3 cm³/mol. The average molecular weight is 258 g/mol. The van der Waals surface area contributed by atoms with Crippen LogP contribution in [0, 0.1) is 11.8 Å². The number of rotatable bonds is 3. The molecule has 1 amide bonds. The zero-order valence-electron chi connectivity index (χ0n) is 11.2. The first-order valence-electron chi connectivity index (χ1n) is 6.20. The van der Waals surface area contributed by atoms with Crippen LogP contribution in [0.4, 0.5) is 4.79 Å². The number of ether oxygens (including phenoxy) is 1. The maximum atomic E-state index is 11.5. The molecule has 0 radical (unpaired) electrons. The van der Waals surface area contributed by atoms with E-state index < -0.39 is 23.6 Å². The second-order valence-corrected chi connectivity index (χ2v) is 5.58. The van der Waals surface area contributed by atoms with Gasteiger partial charge in [-0.25, -0.2) is 4.79 Å². The van der Waals surface area contributed by atoms with Gasteiger partial charge in [0, 0.05) is 19.0 Å². The molecule has 18 heavy (non-hydrogen) atoms. The van der Waals surface area contributed by atoms with Gasteiger partial charge in [0.1, 0.15) is 5.60 Å². The number of hydrogen-bond donors (Lipinski definition) is 3. The van der Waals surface area contributed by atoms with Crippen LogP contribution in [-0.4, -0.2) is 42.4 Å². The van der Waals surface area contributed by atoms with Crippen molar-refractivity contribution in [3.63, 3.8) is 0 Å². The Morgan fingerprint density at radius 1 is 1.44 bits per heavy atom. The Kier molecular flexibility index (Phi) is 4.95. The molecule has 0 aromatic heterocycles. The Morgan fingerprint density at radius 2 is 2.11 bits per heavy atom. The molecule has 104 valence electrons. The van der Waals surface area contributed by atoms with Gasteiger partial charge in [-0.3, -0.25) is 4.79 Å². The van der Waals surface area contributed by atoms with Gasteiger partial charge in [-0.15, -0.1) is 0 Å². The van der Waals surface area contributed by atoms with Crippen LogP contribution < -0.4 is 10.6 Å². The Bertz CT molecular complexity index is 312. The van der Waals surface area contributed by atoms with Crippen molar-refractivity contribution in [2.24, 2.45) is 11.8 Å². The van der Waals surface area contributed by atoms with Crippen LogP contribution in [0.1, 0.15) is 27.2 Å². The summed E-state index contributed by atoms with van der Waals surface area (Å²) in [5.74, 6) is -1.29. The fraction of sp³-hybridized carbons (Fsp3) is 0.833. The van der Waals surface area contributed by atoms with E-state index in [9.17, 15) is 9.59 Å². The minimum atomic E-state index is -0.799. The molecule has 3 N–H and O–H groups in total. The first kappa shape index (κ1) is 14.8. The fourth-order valence-corrected chi connectivity index (χ4v) is 1.99. The van der Waals surface area contributed by atoms with E-state index in [0.29, 0.717) is 26.1 Å². The lowest BCUT2D eigenvalue weighted by atomic mass is 9.86. The first-order valence-corrected chi connectivity index (χ1v) is 6.20. The molecule has 2 atom stereocenters. The van der Waals surface area contributed by atoms with E-state index in [4.69, 9.17) is 9.84 Å². The average Bonchev–Trinajstić information content (AvgIpc) is 2.24. The van der Waals surface area contributed by atoms with Crippen LogP contribution in [-0.2, 0) is 9.53 Å². The standard InChI is InChI=1S/C12H22N2O4/c1-12(2,3)18-11(17)14-7-8-6-13-5-4-9(8)10(15)16/h8-9,13H,4-7H2,1-3H3,(H,14,17)(H,15,16). The number of carboxylic acid groups (broad SMARTS) is 1. The van der Waals surface area contributed by atoms with Crippen LogP contribution >= 0.6 is 0 Å². The van der Waals surface area contributed by atoms with Gasteiger partial charge < -0.3 is 20.5 Å². The van der Waals surface area contributed by atoms with Crippen molar-refractivity contribution in [2.75, 3.05) is 19.6 Å². The highest BCUT2D eigenvalue weighted by molar-refractivity contribution is 5.71. The normalized spacial score (nSPS) is 24.4. The Morgan fingerprint density at radius 3 is 2.67 bits per heavy atom. The summed E-state index contributed by atoms with van der Waals surface area (Å²) in [4.78, 5) is 22.5. The minimum absolute atomic E-state index is 0.0937. The third-order valence-corrected chi connectivity index (χ3v) is 2.83.